The molecule has 1 aromatic heterocycles. The van der Waals surface area contributed by atoms with Crippen LogP contribution in [-0.4, -0.2) is 26.4 Å². The van der Waals surface area contributed by atoms with Crippen LogP contribution < -0.4 is 5.32 Å². The minimum atomic E-state index is -0.178. The number of benzene rings is 1. The highest BCUT2D eigenvalue weighted by Gasteiger charge is 2.17. The molecule has 1 amide bonds. The van der Waals surface area contributed by atoms with Crippen LogP contribution in [0, 0.1) is 0 Å². The monoisotopic (exact) mass is 338 g/mol. The first-order chi connectivity index (χ1) is 10.5. The molecule has 1 N–H and O–H groups in total. The van der Waals surface area contributed by atoms with Crippen molar-refractivity contribution in [2.24, 2.45) is 0 Å². The van der Waals surface area contributed by atoms with Gasteiger partial charge in [0, 0.05) is 16.0 Å². The SMILES string of the molecule is CC(C)n1cnnc1[C@@H](C)NC(=O)CSc1ccc(Cl)cc1. The van der Waals surface area contributed by atoms with E-state index >= 15 is 0 Å². The Labute approximate surface area is 139 Å². The zero-order valence-corrected chi connectivity index (χ0v) is 14.4. The molecule has 0 saturated heterocycles. The smallest absolute Gasteiger partial charge is 0.230 e. The molecule has 0 saturated carbocycles. The number of carbonyl (C=O) groups excluding carboxylic acids is 1. The predicted octanol–water partition coefficient (Wildman–Crippen LogP) is 3.48. The highest BCUT2D eigenvalue weighted by Crippen LogP contribution is 2.20. The normalized spacial score (nSPS) is 12.4. The topological polar surface area (TPSA) is 59.8 Å². The maximum atomic E-state index is 12.1. The molecule has 0 unspecified atom stereocenters. The van der Waals surface area contributed by atoms with E-state index in [9.17, 15) is 4.79 Å². The highest BCUT2D eigenvalue weighted by molar-refractivity contribution is 8.00. The van der Waals surface area contributed by atoms with Crippen LogP contribution in [0.1, 0.15) is 38.7 Å². The van der Waals surface area contributed by atoms with Gasteiger partial charge in [-0.1, -0.05) is 11.6 Å². The Morgan fingerprint density at radius 2 is 2.00 bits per heavy atom. The molecule has 0 fully saturated rings. The maximum Gasteiger partial charge on any atom is 0.230 e. The van der Waals surface area contributed by atoms with E-state index in [2.05, 4.69) is 29.4 Å². The van der Waals surface area contributed by atoms with E-state index in [4.69, 9.17) is 11.6 Å². The molecule has 5 nitrogen and oxygen atoms in total. The van der Waals surface area contributed by atoms with Crippen molar-refractivity contribution in [3.63, 3.8) is 0 Å². The van der Waals surface area contributed by atoms with E-state index in [-0.39, 0.29) is 18.0 Å². The van der Waals surface area contributed by atoms with Crippen LogP contribution in [0.2, 0.25) is 5.02 Å². The number of carbonyl (C=O) groups is 1. The molecular weight excluding hydrogens is 320 g/mol. The fourth-order valence-electron chi connectivity index (χ4n) is 1.99. The minimum absolute atomic E-state index is 0.0363. The molecule has 2 rings (SSSR count). The number of amides is 1. The third-order valence-corrected chi connectivity index (χ3v) is 4.37. The van der Waals surface area contributed by atoms with Crippen LogP contribution >= 0.6 is 23.4 Å². The molecule has 118 valence electrons. The molecule has 0 aliphatic rings. The summed E-state index contributed by atoms with van der Waals surface area (Å²) in [5.41, 5.74) is 0. The third-order valence-electron chi connectivity index (χ3n) is 3.11. The number of hydrogen-bond acceptors (Lipinski definition) is 4. The van der Waals surface area contributed by atoms with E-state index in [1.165, 1.54) is 11.8 Å². The van der Waals surface area contributed by atoms with Gasteiger partial charge in [-0.2, -0.15) is 0 Å². The number of nitrogens with one attached hydrogen (secondary N) is 1. The van der Waals surface area contributed by atoms with Crippen LogP contribution in [0.3, 0.4) is 0 Å². The van der Waals surface area contributed by atoms with Gasteiger partial charge in [-0.3, -0.25) is 4.79 Å². The van der Waals surface area contributed by atoms with E-state index in [1.54, 1.807) is 6.33 Å². The summed E-state index contributed by atoms with van der Waals surface area (Å²) in [6.45, 7) is 6.02. The van der Waals surface area contributed by atoms with Crippen molar-refractivity contribution in [3.05, 3.63) is 41.4 Å². The Bertz CT molecular complexity index is 627. The van der Waals surface area contributed by atoms with Crippen molar-refractivity contribution in [1.29, 1.82) is 0 Å². The predicted molar refractivity (Wildman–Crippen MR) is 89.1 cm³/mol. The van der Waals surface area contributed by atoms with Crippen molar-refractivity contribution < 1.29 is 4.79 Å². The molecule has 22 heavy (non-hydrogen) atoms. The van der Waals surface area contributed by atoms with Crippen molar-refractivity contribution in [2.45, 2.75) is 37.8 Å². The zero-order valence-electron chi connectivity index (χ0n) is 12.8. The molecule has 1 heterocycles. The lowest BCUT2D eigenvalue weighted by atomic mass is 10.3. The molecule has 7 heteroatoms. The van der Waals surface area contributed by atoms with E-state index < -0.39 is 0 Å². The quantitative estimate of drug-likeness (QED) is 0.819. The van der Waals surface area contributed by atoms with Gasteiger partial charge in [0.1, 0.15) is 6.33 Å². The van der Waals surface area contributed by atoms with Gasteiger partial charge in [0.2, 0.25) is 5.91 Å². The summed E-state index contributed by atoms with van der Waals surface area (Å²) in [6.07, 6.45) is 1.69. The summed E-state index contributed by atoms with van der Waals surface area (Å²) in [7, 11) is 0. The van der Waals surface area contributed by atoms with Crippen molar-refractivity contribution in [3.8, 4) is 0 Å². The van der Waals surface area contributed by atoms with Crippen molar-refractivity contribution in [2.75, 3.05) is 5.75 Å². The Kier molecular flexibility index (Phi) is 5.85. The third kappa shape index (κ3) is 4.48. The summed E-state index contributed by atoms with van der Waals surface area (Å²) in [5.74, 6) is 1.08. The first kappa shape index (κ1) is 16.8. The molecule has 0 bridgehead atoms. The Morgan fingerprint density at radius 1 is 1.32 bits per heavy atom. The molecular formula is C15H19ClN4OS. The average molecular weight is 339 g/mol. The van der Waals surface area contributed by atoms with Crippen LogP contribution in [0.4, 0.5) is 0 Å². The number of rotatable bonds is 6. The Balaban J connectivity index is 1.88. The summed E-state index contributed by atoms with van der Waals surface area (Å²) in [6, 6.07) is 7.51. The molecule has 1 atom stereocenters. The van der Waals surface area contributed by atoms with Crippen LogP contribution in [0.15, 0.2) is 35.5 Å². The fraction of sp³-hybridized carbons (Fsp3) is 0.400. The van der Waals surface area contributed by atoms with Gasteiger partial charge in [0.25, 0.3) is 0 Å². The van der Waals surface area contributed by atoms with Gasteiger partial charge in [-0.05, 0) is 45.0 Å². The molecule has 0 aliphatic carbocycles. The van der Waals surface area contributed by atoms with Crippen molar-refractivity contribution in [1.82, 2.24) is 20.1 Å². The van der Waals surface area contributed by atoms with Crippen LogP contribution in [0.5, 0.6) is 0 Å². The van der Waals surface area contributed by atoms with Gasteiger partial charge >= 0.3 is 0 Å². The summed E-state index contributed by atoms with van der Waals surface area (Å²) >= 11 is 7.31. The minimum Gasteiger partial charge on any atom is -0.346 e. The van der Waals surface area contributed by atoms with Crippen LogP contribution in [-0.2, 0) is 4.79 Å². The lowest BCUT2D eigenvalue weighted by molar-refractivity contribution is -0.119. The van der Waals surface area contributed by atoms with Gasteiger partial charge in [0.05, 0.1) is 11.8 Å². The molecule has 0 radical (unpaired) electrons. The van der Waals surface area contributed by atoms with Gasteiger partial charge < -0.3 is 9.88 Å². The number of halogens is 1. The largest absolute Gasteiger partial charge is 0.346 e. The fourth-order valence-corrected chi connectivity index (χ4v) is 2.82. The highest BCUT2D eigenvalue weighted by atomic mass is 35.5. The average Bonchev–Trinajstić information content (AvgIpc) is 2.96. The lowest BCUT2D eigenvalue weighted by Crippen LogP contribution is -2.30. The second-order valence-corrected chi connectivity index (χ2v) is 6.71. The van der Waals surface area contributed by atoms with E-state index in [0.717, 1.165) is 10.7 Å². The van der Waals surface area contributed by atoms with Crippen LogP contribution in [0.25, 0.3) is 0 Å². The first-order valence-corrected chi connectivity index (χ1v) is 8.41. The standard InChI is InChI=1S/C15H19ClN4OS/c1-10(2)20-9-17-19-15(20)11(3)18-14(21)8-22-13-6-4-12(16)5-7-13/h4-7,9-11H,8H2,1-3H3,(H,18,21)/t11-/m1/s1. The maximum absolute atomic E-state index is 12.1. The van der Waals surface area contributed by atoms with E-state index in [0.29, 0.717) is 10.8 Å². The summed E-state index contributed by atoms with van der Waals surface area (Å²) in [4.78, 5) is 13.1. The molecule has 1 aromatic carbocycles. The first-order valence-electron chi connectivity index (χ1n) is 7.04. The summed E-state index contributed by atoms with van der Waals surface area (Å²) < 4.78 is 1.96. The second kappa shape index (κ2) is 7.65. The molecule has 0 spiro atoms. The number of hydrogen-bond donors (Lipinski definition) is 1. The number of aromatic nitrogens is 3. The van der Waals surface area contributed by atoms with Crippen molar-refractivity contribution >= 4 is 29.3 Å². The van der Waals surface area contributed by atoms with E-state index in [1.807, 2.05) is 35.8 Å². The zero-order chi connectivity index (χ0) is 16.1. The number of thioether (sulfide) groups is 1. The van der Waals surface area contributed by atoms with Gasteiger partial charge in [0.15, 0.2) is 5.82 Å². The Hall–Kier alpha value is -1.53. The summed E-state index contributed by atoms with van der Waals surface area (Å²) in [5, 5.41) is 11.7. The lowest BCUT2D eigenvalue weighted by Gasteiger charge is -2.16. The molecule has 2 aromatic rings. The second-order valence-electron chi connectivity index (χ2n) is 5.22. The number of nitrogens with zero attached hydrogens (tertiary/aromatic N) is 3. The van der Waals surface area contributed by atoms with Gasteiger partial charge in [-0.25, -0.2) is 0 Å². The molecule has 0 aliphatic heterocycles. The van der Waals surface area contributed by atoms with Gasteiger partial charge in [-0.15, -0.1) is 22.0 Å². The Morgan fingerprint density at radius 3 is 2.64 bits per heavy atom.